The van der Waals surface area contributed by atoms with E-state index in [0.29, 0.717) is 5.56 Å². The SMILES string of the molecule is C=C(C(=O)O)c1ccc(OC)c(C(C)(C)C)c1. The first kappa shape index (κ1) is 13.3. The van der Waals surface area contributed by atoms with Gasteiger partial charge in [0.1, 0.15) is 5.75 Å². The summed E-state index contributed by atoms with van der Waals surface area (Å²) in [4.78, 5) is 10.9. The summed E-state index contributed by atoms with van der Waals surface area (Å²) in [5, 5.41) is 8.92. The van der Waals surface area contributed by atoms with Crippen LogP contribution in [0.2, 0.25) is 0 Å². The molecule has 3 nitrogen and oxygen atoms in total. The molecule has 0 atom stereocenters. The zero-order valence-electron chi connectivity index (χ0n) is 10.7. The lowest BCUT2D eigenvalue weighted by molar-refractivity contribution is -0.130. The van der Waals surface area contributed by atoms with Crippen LogP contribution in [0.1, 0.15) is 31.9 Å². The summed E-state index contributed by atoms with van der Waals surface area (Å²) in [7, 11) is 1.61. The van der Waals surface area contributed by atoms with E-state index in [4.69, 9.17) is 9.84 Å². The van der Waals surface area contributed by atoms with Gasteiger partial charge in [0, 0.05) is 5.56 Å². The van der Waals surface area contributed by atoms with Gasteiger partial charge in [-0.3, -0.25) is 0 Å². The Hall–Kier alpha value is -1.77. The van der Waals surface area contributed by atoms with Crippen molar-refractivity contribution in [2.75, 3.05) is 7.11 Å². The van der Waals surface area contributed by atoms with Gasteiger partial charge in [-0.15, -0.1) is 0 Å². The highest BCUT2D eigenvalue weighted by Crippen LogP contribution is 2.33. The van der Waals surface area contributed by atoms with E-state index < -0.39 is 5.97 Å². The quantitative estimate of drug-likeness (QED) is 0.817. The molecule has 92 valence electrons. The predicted octanol–water partition coefficient (Wildman–Crippen LogP) is 3.09. The number of hydrogen-bond donors (Lipinski definition) is 1. The maximum Gasteiger partial charge on any atom is 0.335 e. The molecule has 0 unspecified atom stereocenters. The third-order valence-corrected chi connectivity index (χ3v) is 2.61. The first-order valence-electron chi connectivity index (χ1n) is 5.38. The van der Waals surface area contributed by atoms with Crippen molar-refractivity contribution in [2.45, 2.75) is 26.2 Å². The monoisotopic (exact) mass is 234 g/mol. The Bertz CT molecular complexity index is 453. The third kappa shape index (κ3) is 2.87. The lowest BCUT2D eigenvalue weighted by atomic mass is 9.84. The highest BCUT2D eigenvalue weighted by Gasteiger charge is 2.20. The molecular formula is C14H18O3. The van der Waals surface area contributed by atoms with Crippen molar-refractivity contribution < 1.29 is 14.6 Å². The Morgan fingerprint density at radius 2 is 1.94 bits per heavy atom. The van der Waals surface area contributed by atoms with E-state index in [-0.39, 0.29) is 11.0 Å². The van der Waals surface area contributed by atoms with Gasteiger partial charge in [0.2, 0.25) is 0 Å². The van der Waals surface area contributed by atoms with Crippen LogP contribution < -0.4 is 4.74 Å². The molecule has 0 bridgehead atoms. The van der Waals surface area contributed by atoms with Gasteiger partial charge < -0.3 is 9.84 Å². The Balaban J connectivity index is 3.32. The number of aliphatic carboxylic acids is 1. The Morgan fingerprint density at radius 1 is 1.35 bits per heavy atom. The van der Waals surface area contributed by atoms with E-state index in [1.54, 1.807) is 19.2 Å². The van der Waals surface area contributed by atoms with Gasteiger partial charge in [-0.05, 0) is 23.1 Å². The number of benzene rings is 1. The summed E-state index contributed by atoms with van der Waals surface area (Å²) in [5.41, 5.74) is 1.57. The molecule has 0 spiro atoms. The second-order valence-corrected chi connectivity index (χ2v) is 4.95. The van der Waals surface area contributed by atoms with Crippen molar-refractivity contribution in [3.63, 3.8) is 0 Å². The van der Waals surface area contributed by atoms with Gasteiger partial charge >= 0.3 is 5.97 Å². The van der Waals surface area contributed by atoms with Crippen LogP contribution in [-0.2, 0) is 10.2 Å². The maximum atomic E-state index is 10.9. The minimum absolute atomic E-state index is 0.0955. The van der Waals surface area contributed by atoms with E-state index in [2.05, 4.69) is 27.4 Å². The molecular weight excluding hydrogens is 216 g/mol. The van der Waals surface area contributed by atoms with E-state index in [1.807, 2.05) is 6.07 Å². The maximum absolute atomic E-state index is 10.9. The van der Waals surface area contributed by atoms with Gasteiger partial charge in [-0.25, -0.2) is 4.79 Å². The molecule has 0 radical (unpaired) electrons. The lowest BCUT2D eigenvalue weighted by Crippen LogP contribution is -2.13. The molecule has 17 heavy (non-hydrogen) atoms. The van der Waals surface area contributed by atoms with E-state index in [0.717, 1.165) is 11.3 Å². The molecule has 0 fully saturated rings. The molecule has 0 saturated heterocycles. The molecule has 0 amide bonds. The zero-order valence-corrected chi connectivity index (χ0v) is 10.7. The Labute approximate surface area is 102 Å². The lowest BCUT2D eigenvalue weighted by Gasteiger charge is -2.23. The average molecular weight is 234 g/mol. The molecule has 0 aliphatic heterocycles. The fourth-order valence-electron chi connectivity index (χ4n) is 1.61. The highest BCUT2D eigenvalue weighted by atomic mass is 16.5. The summed E-state index contributed by atoms with van der Waals surface area (Å²) in [6, 6.07) is 5.32. The van der Waals surface area contributed by atoms with Crippen molar-refractivity contribution in [1.82, 2.24) is 0 Å². The van der Waals surface area contributed by atoms with Crippen LogP contribution in [0.3, 0.4) is 0 Å². The normalized spacial score (nSPS) is 11.1. The van der Waals surface area contributed by atoms with Crippen molar-refractivity contribution in [1.29, 1.82) is 0 Å². The third-order valence-electron chi connectivity index (χ3n) is 2.61. The van der Waals surface area contributed by atoms with Crippen molar-refractivity contribution in [3.8, 4) is 5.75 Å². The molecule has 1 aromatic rings. The van der Waals surface area contributed by atoms with Gasteiger partial charge in [0.05, 0.1) is 12.7 Å². The number of carboxylic acids is 1. The molecule has 0 aliphatic rings. The number of carbonyl (C=O) groups is 1. The molecule has 0 aliphatic carbocycles. The largest absolute Gasteiger partial charge is 0.496 e. The number of ether oxygens (including phenoxy) is 1. The van der Waals surface area contributed by atoms with Gasteiger partial charge in [0.25, 0.3) is 0 Å². The second-order valence-electron chi connectivity index (χ2n) is 4.95. The first-order chi connectivity index (χ1) is 7.77. The van der Waals surface area contributed by atoms with Crippen LogP contribution in [0.25, 0.3) is 5.57 Å². The second kappa shape index (κ2) is 4.62. The van der Waals surface area contributed by atoms with Crippen LogP contribution in [0, 0.1) is 0 Å². The molecule has 0 saturated carbocycles. The summed E-state index contributed by atoms with van der Waals surface area (Å²) >= 11 is 0. The average Bonchev–Trinajstić information content (AvgIpc) is 2.25. The first-order valence-corrected chi connectivity index (χ1v) is 5.38. The Kier molecular flexibility index (Phi) is 3.61. The van der Waals surface area contributed by atoms with Gasteiger partial charge in [-0.2, -0.15) is 0 Å². The van der Waals surface area contributed by atoms with Crippen LogP contribution in [0.15, 0.2) is 24.8 Å². The number of rotatable bonds is 3. The smallest absolute Gasteiger partial charge is 0.335 e. The molecule has 0 heterocycles. The van der Waals surface area contributed by atoms with Crippen molar-refractivity contribution >= 4 is 11.5 Å². The minimum atomic E-state index is -1.00. The van der Waals surface area contributed by atoms with Crippen LogP contribution >= 0.6 is 0 Å². The molecule has 1 aromatic carbocycles. The fourth-order valence-corrected chi connectivity index (χ4v) is 1.61. The van der Waals surface area contributed by atoms with Crippen LogP contribution in [0.5, 0.6) is 5.75 Å². The fraction of sp³-hybridized carbons (Fsp3) is 0.357. The van der Waals surface area contributed by atoms with Crippen LogP contribution in [-0.4, -0.2) is 18.2 Å². The summed E-state index contributed by atoms with van der Waals surface area (Å²) in [5.74, 6) is -0.241. The van der Waals surface area contributed by atoms with Crippen molar-refractivity contribution in [3.05, 3.63) is 35.9 Å². The summed E-state index contributed by atoms with van der Waals surface area (Å²) in [6.45, 7) is 9.72. The number of hydrogen-bond acceptors (Lipinski definition) is 2. The summed E-state index contributed by atoms with van der Waals surface area (Å²) < 4.78 is 5.29. The summed E-state index contributed by atoms with van der Waals surface area (Å²) in [6.07, 6.45) is 0. The molecule has 1 N–H and O–H groups in total. The van der Waals surface area contributed by atoms with E-state index >= 15 is 0 Å². The van der Waals surface area contributed by atoms with Crippen molar-refractivity contribution in [2.24, 2.45) is 0 Å². The molecule has 3 heteroatoms. The number of carboxylic acid groups (broad SMARTS) is 1. The highest BCUT2D eigenvalue weighted by molar-refractivity contribution is 6.14. The predicted molar refractivity (Wildman–Crippen MR) is 68.4 cm³/mol. The van der Waals surface area contributed by atoms with E-state index in [1.165, 1.54) is 0 Å². The zero-order chi connectivity index (χ0) is 13.2. The molecule has 1 rings (SSSR count). The standard InChI is InChI=1S/C14H18O3/c1-9(13(15)16)10-6-7-12(17-5)11(8-10)14(2,3)4/h6-8H,1H2,2-5H3,(H,15,16). The topological polar surface area (TPSA) is 46.5 Å². The van der Waals surface area contributed by atoms with Gasteiger partial charge in [0.15, 0.2) is 0 Å². The van der Waals surface area contributed by atoms with E-state index in [9.17, 15) is 4.79 Å². The number of methoxy groups -OCH3 is 1. The molecule has 0 aromatic heterocycles. The minimum Gasteiger partial charge on any atom is -0.496 e. The van der Waals surface area contributed by atoms with Crippen LogP contribution in [0.4, 0.5) is 0 Å². The van der Waals surface area contributed by atoms with Gasteiger partial charge in [-0.1, -0.05) is 33.4 Å². The Morgan fingerprint density at radius 3 is 2.35 bits per heavy atom.